The van der Waals surface area contributed by atoms with E-state index in [0.717, 1.165) is 12.8 Å². The van der Waals surface area contributed by atoms with Crippen LogP contribution in [0.3, 0.4) is 0 Å². The Morgan fingerprint density at radius 1 is 1.42 bits per heavy atom. The van der Waals surface area contributed by atoms with Crippen LogP contribution in [0.15, 0.2) is 0 Å². The number of rotatable bonds is 4. The molecule has 0 saturated carbocycles. The quantitative estimate of drug-likeness (QED) is 0.576. The fraction of sp³-hybridized carbons (Fsp3) is 0.727. The topological polar surface area (TPSA) is 116 Å². The van der Waals surface area contributed by atoms with Gasteiger partial charge in [-0.3, -0.25) is 0 Å². The molecule has 19 heavy (non-hydrogen) atoms. The summed E-state index contributed by atoms with van der Waals surface area (Å²) < 4.78 is 4.63. The molecule has 2 unspecified atom stereocenters. The standard InChI is InChI=1S/C11H18N2O6/c1-19-10(17)7-4-2-3-5-13(7)11(18)12-6-8(14)9(15)16/h7-8,14H,2-6H2,1H3,(H,12,18)(H,15,16). The van der Waals surface area contributed by atoms with Crippen LogP contribution in [0, 0.1) is 0 Å². The molecule has 0 bridgehead atoms. The number of aliphatic carboxylic acids is 1. The number of aliphatic hydroxyl groups excluding tert-OH is 1. The van der Waals surface area contributed by atoms with Gasteiger partial charge in [-0.1, -0.05) is 0 Å². The van der Waals surface area contributed by atoms with Gasteiger partial charge in [-0.2, -0.15) is 0 Å². The summed E-state index contributed by atoms with van der Waals surface area (Å²) in [6, 6.07) is -1.23. The molecular formula is C11H18N2O6. The third-order valence-electron chi connectivity index (χ3n) is 2.97. The summed E-state index contributed by atoms with van der Waals surface area (Å²) in [5.41, 5.74) is 0. The zero-order valence-corrected chi connectivity index (χ0v) is 10.7. The fourth-order valence-corrected chi connectivity index (χ4v) is 1.93. The van der Waals surface area contributed by atoms with Crippen LogP contribution in [0.25, 0.3) is 0 Å². The number of ether oxygens (including phenoxy) is 1. The number of piperidine rings is 1. The highest BCUT2D eigenvalue weighted by molar-refractivity contribution is 5.84. The third kappa shape index (κ3) is 4.09. The number of hydrogen-bond donors (Lipinski definition) is 3. The maximum absolute atomic E-state index is 11.9. The second kappa shape index (κ2) is 6.93. The van der Waals surface area contributed by atoms with Crippen LogP contribution < -0.4 is 5.32 Å². The smallest absolute Gasteiger partial charge is 0.334 e. The molecule has 2 atom stereocenters. The third-order valence-corrected chi connectivity index (χ3v) is 2.97. The summed E-state index contributed by atoms with van der Waals surface area (Å²) in [5.74, 6) is -1.91. The molecule has 0 spiro atoms. The molecule has 0 aromatic carbocycles. The molecule has 8 nitrogen and oxygen atoms in total. The molecule has 1 heterocycles. The van der Waals surface area contributed by atoms with Gasteiger partial charge in [0.05, 0.1) is 13.7 Å². The van der Waals surface area contributed by atoms with E-state index in [2.05, 4.69) is 10.1 Å². The van der Waals surface area contributed by atoms with Gasteiger partial charge in [0.2, 0.25) is 0 Å². The molecule has 1 aliphatic rings. The van der Waals surface area contributed by atoms with E-state index in [-0.39, 0.29) is 0 Å². The predicted molar refractivity (Wildman–Crippen MR) is 63.4 cm³/mol. The van der Waals surface area contributed by atoms with Gasteiger partial charge in [-0.05, 0) is 19.3 Å². The Hall–Kier alpha value is -1.83. The average molecular weight is 274 g/mol. The van der Waals surface area contributed by atoms with Gasteiger partial charge in [0.1, 0.15) is 6.04 Å². The normalized spacial score (nSPS) is 20.5. The van der Waals surface area contributed by atoms with Gasteiger partial charge < -0.3 is 25.2 Å². The Kier molecular flexibility index (Phi) is 5.56. The highest BCUT2D eigenvalue weighted by atomic mass is 16.5. The first-order chi connectivity index (χ1) is 8.97. The lowest BCUT2D eigenvalue weighted by Gasteiger charge is -2.33. The maximum atomic E-state index is 11.9. The first-order valence-electron chi connectivity index (χ1n) is 6.00. The number of nitrogens with one attached hydrogen (secondary N) is 1. The molecule has 2 amide bonds. The van der Waals surface area contributed by atoms with Gasteiger partial charge >= 0.3 is 18.0 Å². The van der Waals surface area contributed by atoms with Crippen LogP contribution in [0.5, 0.6) is 0 Å². The highest BCUT2D eigenvalue weighted by Crippen LogP contribution is 2.18. The van der Waals surface area contributed by atoms with E-state index < -0.39 is 36.7 Å². The van der Waals surface area contributed by atoms with Crippen molar-refractivity contribution in [3.8, 4) is 0 Å². The van der Waals surface area contributed by atoms with Crippen molar-refractivity contribution in [3.63, 3.8) is 0 Å². The summed E-state index contributed by atoms with van der Waals surface area (Å²) in [6.07, 6.45) is 0.441. The Morgan fingerprint density at radius 2 is 2.11 bits per heavy atom. The maximum Gasteiger partial charge on any atom is 0.334 e. The summed E-state index contributed by atoms with van der Waals surface area (Å²) >= 11 is 0. The molecule has 1 fully saturated rings. The van der Waals surface area contributed by atoms with Crippen LogP contribution in [0.1, 0.15) is 19.3 Å². The number of methoxy groups -OCH3 is 1. The lowest BCUT2D eigenvalue weighted by Crippen LogP contribution is -2.53. The molecule has 0 radical (unpaired) electrons. The summed E-state index contributed by atoms with van der Waals surface area (Å²) in [6.45, 7) is -0.00662. The molecule has 1 saturated heterocycles. The number of likely N-dealkylation sites (tertiary alicyclic amines) is 1. The Balaban J connectivity index is 2.57. The minimum atomic E-state index is -1.66. The van der Waals surface area contributed by atoms with Crippen LogP contribution >= 0.6 is 0 Å². The van der Waals surface area contributed by atoms with Crippen LogP contribution in [-0.4, -0.2) is 65.4 Å². The van der Waals surface area contributed by atoms with E-state index in [1.165, 1.54) is 12.0 Å². The van der Waals surface area contributed by atoms with Crippen molar-refractivity contribution >= 4 is 18.0 Å². The molecule has 3 N–H and O–H groups in total. The number of amides is 2. The Bertz CT molecular complexity index is 359. The minimum absolute atomic E-state index is 0.398. The lowest BCUT2D eigenvalue weighted by atomic mass is 10.0. The van der Waals surface area contributed by atoms with E-state index >= 15 is 0 Å². The summed E-state index contributed by atoms with van der Waals surface area (Å²) in [4.78, 5) is 35.1. The Morgan fingerprint density at radius 3 is 2.68 bits per heavy atom. The molecule has 0 aromatic heterocycles. The van der Waals surface area contributed by atoms with Crippen LogP contribution in [0.2, 0.25) is 0 Å². The number of nitrogens with zero attached hydrogens (tertiary/aromatic N) is 1. The van der Waals surface area contributed by atoms with Crippen LogP contribution in [-0.2, 0) is 14.3 Å². The first-order valence-corrected chi connectivity index (χ1v) is 6.00. The van der Waals surface area contributed by atoms with Crippen LogP contribution in [0.4, 0.5) is 4.79 Å². The fourth-order valence-electron chi connectivity index (χ4n) is 1.93. The second-order valence-electron chi connectivity index (χ2n) is 4.27. The van der Waals surface area contributed by atoms with E-state index in [4.69, 9.17) is 10.2 Å². The molecule has 0 aliphatic carbocycles. The van der Waals surface area contributed by atoms with Crippen molar-refractivity contribution in [1.29, 1.82) is 0 Å². The lowest BCUT2D eigenvalue weighted by molar-refractivity contribution is -0.148. The number of carbonyl (C=O) groups is 3. The van der Waals surface area contributed by atoms with Crippen molar-refractivity contribution in [2.75, 3.05) is 20.2 Å². The van der Waals surface area contributed by atoms with Crippen molar-refractivity contribution in [2.45, 2.75) is 31.4 Å². The number of urea groups is 1. The monoisotopic (exact) mass is 274 g/mol. The van der Waals surface area contributed by atoms with Gasteiger partial charge in [0, 0.05) is 6.54 Å². The zero-order chi connectivity index (χ0) is 14.4. The molecular weight excluding hydrogens is 256 g/mol. The van der Waals surface area contributed by atoms with Crippen molar-refractivity contribution in [1.82, 2.24) is 10.2 Å². The van der Waals surface area contributed by atoms with E-state index in [9.17, 15) is 14.4 Å². The number of carbonyl (C=O) groups excluding carboxylic acids is 2. The number of carboxylic acids is 1. The number of carboxylic acid groups (broad SMARTS) is 1. The highest BCUT2D eigenvalue weighted by Gasteiger charge is 2.33. The van der Waals surface area contributed by atoms with Crippen molar-refractivity contribution < 1.29 is 29.3 Å². The SMILES string of the molecule is COC(=O)C1CCCCN1C(=O)NCC(O)C(=O)O. The molecule has 1 rings (SSSR count). The first kappa shape index (κ1) is 15.2. The number of esters is 1. The van der Waals surface area contributed by atoms with Gasteiger partial charge in [0.15, 0.2) is 6.10 Å². The van der Waals surface area contributed by atoms with Gasteiger partial charge in [0.25, 0.3) is 0 Å². The van der Waals surface area contributed by atoms with Gasteiger partial charge in [-0.15, -0.1) is 0 Å². The average Bonchev–Trinajstić information content (AvgIpc) is 2.43. The zero-order valence-electron chi connectivity index (χ0n) is 10.7. The summed E-state index contributed by atoms with van der Waals surface area (Å²) in [5, 5.41) is 19.9. The second-order valence-corrected chi connectivity index (χ2v) is 4.27. The van der Waals surface area contributed by atoms with E-state index in [1.54, 1.807) is 0 Å². The molecule has 8 heteroatoms. The molecule has 1 aliphatic heterocycles. The van der Waals surface area contributed by atoms with E-state index in [1.807, 2.05) is 0 Å². The Labute approximate surface area is 110 Å². The largest absolute Gasteiger partial charge is 0.479 e. The molecule has 108 valence electrons. The minimum Gasteiger partial charge on any atom is -0.479 e. The van der Waals surface area contributed by atoms with Crippen molar-refractivity contribution in [3.05, 3.63) is 0 Å². The van der Waals surface area contributed by atoms with E-state index in [0.29, 0.717) is 13.0 Å². The predicted octanol–water partition coefficient (Wildman–Crippen LogP) is -0.831. The van der Waals surface area contributed by atoms with Gasteiger partial charge in [-0.25, -0.2) is 14.4 Å². The molecule has 0 aromatic rings. The summed E-state index contributed by atoms with van der Waals surface area (Å²) in [7, 11) is 1.25. The number of hydrogen-bond acceptors (Lipinski definition) is 5. The van der Waals surface area contributed by atoms with Crippen molar-refractivity contribution in [2.24, 2.45) is 0 Å². The number of aliphatic hydroxyl groups is 1.